The van der Waals surface area contributed by atoms with Crippen LogP contribution in [-0.4, -0.2) is 10.9 Å². The quantitative estimate of drug-likeness (QED) is 0.668. The van der Waals surface area contributed by atoms with Gasteiger partial charge in [0, 0.05) is 29.6 Å². The van der Waals surface area contributed by atoms with Gasteiger partial charge in [0.2, 0.25) is 5.91 Å². The van der Waals surface area contributed by atoms with Crippen molar-refractivity contribution in [2.75, 3.05) is 0 Å². The molecule has 0 aliphatic carbocycles. The molecule has 0 fully saturated rings. The molecule has 1 heterocycles. The van der Waals surface area contributed by atoms with Crippen molar-refractivity contribution in [2.45, 2.75) is 32.7 Å². The second-order valence-electron chi connectivity index (χ2n) is 6.11. The molecule has 128 valence electrons. The number of benzene rings is 2. The van der Waals surface area contributed by atoms with E-state index in [2.05, 4.69) is 52.1 Å². The molecule has 25 heavy (non-hydrogen) atoms. The van der Waals surface area contributed by atoms with E-state index >= 15 is 0 Å². The number of carbonyl (C=O) groups is 1. The van der Waals surface area contributed by atoms with Crippen molar-refractivity contribution in [1.82, 2.24) is 10.3 Å². The first-order valence-electron chi connectivity index (χ1n) is 8.53. The van der Waals surface area contributed by atoms with Crippen LogP contribution in [0.1, 0.15) is 29.7 Å². The Hall–Kier alpha value is -2.46. The second kappa shape index (κ2) is 8.58. The highest BCUT2D eigenvalue weighted by Crippen LogP contribution is 2.23. The maximum Gasteiger partial charge on any atom is 0.220 e. The number of rotatable bonds is 7. The summed E-state index contributed by atoms with van der Waals surface area (Å²) in [5.74, 6) is 0.107. The van der Waals surface area contributed by atoms with E-state index < -0.39 is 0 Å². The van der Waals surface area contributed by atoms with Crippen molar-refractivity contribution in [3.05, 3.63) is 76.8 Å². The Balaban J connectivity index is 1.42. The lowest BCUT2D eigenvalue weighted by Gasteiger charge is -2.06. The standard InChI is InChI=1S/C21H22N2OS/c1-16-15-25-21(23-16)19-12-10-18(11-13-19)14-22-20(24)9-5-8-17-6-3-2-4-7-17/h2-4,6-7,10-13,15H,5,8-9,14H2,1H3,(H,22,24). The van der Waals surface area contributed by atoms with Crippen LogP contribution in [0.4, 0.5) is 0 Å². The molecular formula is C21H22N2OS. The average Bonchev–Trinajstić information content (AvgIpc) is 3.08. The zero-order chi connectivity index (χ0) is 17.5. The summed E-state index contributed by atoms with van der Waals surface area (Å²) >= 11 is 1.65. The summed E-state index contributed by atoms with van der Waals surface area (Å²) in [6.45, 7) is 2.57. The van der Waals surface area contributed by atoms with Gasteiger partial charge in [-0.25, -0.2) is 4.98 Å². The number of amides is 1. The van der Waals surface area contributed by atoms with Gasteiger partial charge in [0.1, 0.15) is 5.01 Å². The molecule has 1 aromatic heterocycles. The van der Waals surface area contributed by atoms with Gasteiger partial charge < -0.3 is 5.32 Å². The van der Waals surface area contributed by atoms with E-state index in [0.717, 1.165) is 34.7 Å². The first kappa shape index (κ1) is 17.4. The lowest BCUT2D eigenvalue weighted by atomic mass is 10.1. The number of aryl methyl sites for hydroxylation is 2. The number of thiazole rings is 1. The zero-order valence-corrected chi connectivity index (χ0v) is 15.2. The van der Waals surface area contributed by atoms with Crippen LogP contribution in [-0.2, 0) is 17.8 Å². The number of aromatic nitrogens is 1. The molecule has 2 aromatic carbocycles. The highest BCUT2D eigenvalue weighted by molar-refractivity contribution is 7.13. The SMILES string of the molecule is Cc1csc(-c2ccc(CNC(=O)CCCc3ccccc3)cc2)n1. The van der Waals surface area contributed by atoms with E-state index in [-0.39, 0.29) is 5.91 Å². The van der Waals surface area contributed by atoms with Crippen LogP contribution in [0, 0.1) is 6.92 Å². The van der Waals surface area contributed by atoms with Gasteiger partial charge in [-0.3, -0.25) is 4.79 Å². The van der Waals surface area contributed by atoms with Gasteiger partial charge in [0.25, 0.3) is 0 Å². The monoisotopic (exact) mass is 350 g/mol. The first-order chi connectivity index (χ1) is 12.2. The number of hydrogen-bond acceptors (Lipinski definition) is 3. The Labute approximate surface area is 152 Å². The van der Waals surface area contributed by atoms with E-state index in [4.69, 9.17) is 0 Å². The molecular weight excluding hydrogens is 328 g/mol. The fourth-order valence-electron chi connectivity index (χ4n) is 2.64. The third kappa shape index (κ3) is 5.26. The molecule has 0 aliphatic heterocycles. The van der Waals surface area contributed by atoms with Crippen LogP contribution >= 0.6 is 11.3 Å². The predicted octanol–water partition coefficient (Wildman–Crippen LogP) is 4.76. The molecule has 0 saturated heterocycles. The minimum Gasteiger partial charge on any atom is -0.352 e. The van der Waals surface area contributed by atoms with Crippen molar-refractivity contribution in [3.8, 4) is 10.6 Å². The zero-order valence-electron chi connectivity index (χ0n) is 14.4. The van der Waals surface area contributed by atoms with Crippen LogP contribution in [0.25, 0.3) is 10.6 Å². The Kier molecular flexibility index (Phi) is 5.96. The minimum absolute atomic E-state index is 0.107. The Morgan fingerprint density at radius 3 is 2.48 bits per heavy atom. The Morgan fingerprint density at radius 1 is 1.04 bits per heavy atom. The molecule has 0 radical (unpaired) electrons. The Morgan fingerprint density at radius 2 is 1.80 bits per heavy atom. The highest BCUT2D eigenvalue weighted by atomic mass is 32.1. The molecule has 0 saturated carbocycles. The maximum absolute atomic E-state index is 12.0. The average molecular weight is 350 g/mol. The van der Waals surface area contributed by atoms with Crippen molar-refractivity contribution in [2.24, 2.45) is 0 Å². The van der Waals surface area contributed by atoms with Gasteiger partial charge in [-0.15, -0.1) is 11.3 Å². The third-order valence-corrected chi connectivity index (χ3v) is 5.03. The number of hydrogen-bond donors (Lipinski definition) is 1. The summed E-state index contributed by atoms with van der Waals surface area (Å²) < 4.78 is 0. The number of nitrogens with one attached hydrogen (secondary N) is 1. The van der Waals surface area contributed by atoms with Crippen molar-refractivity contribution < 1.29 is 4.79 Å². The summed E-state index contributed by atoms with van der Waals surface area (Å²) in [5.41, 5.74) is 4.56. The maximum atomic E-state index is 12.0. The normalized spacial score (nSPS) is 10.6. The van der Waals surface area contributed by atoms with E-state index in [0.29, 0.717) is 13.0 Å². The molecule has 4 heteroatoms. The molecule has 0 atom stereocenters. The third-order valence-electron chi connectivity index (χ3n) is 4.02. The minimum atomic E-state index is 0.107. The molecule has 0 unspecified atom stereocenters. The smallest absolute Gasteiger partial charge is 0.220 e. The molecule has 0 bridgehead atoms. The largest absolute Gasteiger partial charge is 0.352 e. The van der Waals surface area contributed by atoms with Gasteiger partial charge in [-0.1, -0.05) is 54.6 Å². The molecule has 0 spiro atoms. The lowest BCUT2D eigenvalue weighted by molar-refractivity contribution is -0.121. The summed E-state index contributed by atoms with van der Waals surface area (Å²) in [6, 6.07) is 18.5. The molecule has 1 amide bonds. The summed E-state index contributed by atoms with van der Waals surface area (Å²) in [6.07, 6.45) is 2.37. The topological polar surface area (TPSA) is 42.0 Å². The Bertz CT molecular complexity index is 809. The van der Waals surface area contributed by atoms with Crippen LogP contribution < -0.4 is 5.32 Å². The van der Waals surface area contributed by atoms with E-state index in [1.54, 1.807) is 11.3 Å². The number of carbonyl (C=O) groups excluding carboxylic acids is 1. The summed E-state index contributed by atoms with van der Waals surface area (Å²) in [7, 11) is 0. The second-order valence-corrected chi connectivity index (χ2v) is 6.96. The van der Waals surface area contributed by atoms with Crippen LogP contribution in [0.2, 0.25) is 0 Å². The van der Waals surface area contributed by atoms with Crippen molar-refractivity contribution in [3.63, 3.8) is 0 Å². The first-order valence-corrected chi connectivity index (χ1v) is 9.41. The van der Waals surface area contributed by atoms with Gasteiger partial charge in [0.15, 0.2) is 0 Å². The predicted molar refractivity (Wildman–Crippen MR) is 104 cm³/mol. The van der Waals surface area contributed by atoms with E-state index in [1.807, 2.05) is 25.1 Å². The fourth-order valence-corrected chi connectivity index (χ4v) is 3.44. The molecule has 0 aliphatic rings. The molecule has 3 nitrogen and oxygen atoms in total. The number of nitrogens with zero attached hydrogens (tertiary/aromatic N) is 1. The van der Waals surface area contributed by atoms with Crippen LogP contribution in [0.5, 0.6) is 0 Å². The van der Waals surface area contributed by atoms with E-state index in [1.165, 1.54) is 5.56 Å². The summed E-state index contributed by atoms with van der Waals surface area (Å²) in [4.78, 5) is 16.5. The summed E-state index contributed by atoms with van der Waals surface area (Å²) in [5, 5.41) is 6.09. The fraction of sp³-hybridized carbons (Fsp3) is 0.238. The van der Waals surface area contributed by atoms with Gasteiger partial charge in [-0.05, 0) is 30.9 Å². The van der Waals surface area contributed by atoms with Gasteiger partial charge in [-0.2, -0.15) is 0 Å². The molecule has 3 aromatic rings. The van der Waals surface area contributed by atoms with Crippen LogP contribution in [0.3, 0.4) is 0 Å². The molecule has 3 rings (SSSR count). The van der Waals surface area contributed by atoms with Crippen LogP contribution in [0.15, 0.2) is 60.0 Å². The molecule has 1 N–H and O–H groups in total. The van der Waals surface area contributed by atoms with Gasteiger partial charge in [0.05, 0.1) is 0 Å². The highest BCUT2D eigenvalue weighted by Gasteiger charge is 2.04. The van der Waals surface area contributed by atoms with Crippen molar-refractivity contribution in [1.29, 1.82) is 0 Å². The van der Waals surface area contributed by atoms with Crippen molar-refractivity contribution >= 4 is 17.2 Å². The van der Waals surface area contributed by atoms with Gasteiger partial charge >= 0.3 is 0 Å². The van der Waals surface area contributed by atoms with E-state index in [9.17, 15) is 4.79 Å². The lowest BCUT2D eigenvalue weighted by Crippen LogP contribution is -2.22.